The van der Waals surface area contributed by atoms with Crippen LogP contribution in [-0.4, -0.2) is 112 Å². The number of hydrogen-bond donors (Lipinski definition) is 2. The van der Waals surface area contributed by atoms with Crippen molar-refractivity contribution >= 4 is 39.0 Å². The summed E-state index contributed by atoms with van der Waals surface area (Å²) in [5.41, 5.74) is 3.62. The van der Waals surface area contributed by atoms with Crippen LogP contribution in [0, 0.1) is 21.3 Å². The second-order valence-corrected chi connectivity index (χ2v) is 31.7. The van der Waals surface area contributed by atoms with E-state index in [-0.39, 0.29) is 36.9 Å². The second kappa shape index (κ2) is 31.5. The first-order valence-corrected chi connectivity index (χ1v) is 33.4. The normalized spacial score (nSPS) is 16.2. The molecule has 1 aliphatic rings. The van der Waals surface area contributed by atoms with E-state index in [0.717, 1.165) is 47.9 Å². The summed E-state index contributed by atoms with van der Waals surface area (Å²) in [5, 5.41) is 25.6. The van der Waals surface area contributed by atoms with Crippen molar-refractivity contribution in [2.45, 2.75) is 221 Å². The van der Waals surface area contributed by atoms with Gasteiger partial charge in [-0.2, -0.15) is 0 Å². The van der Waals surface area contributed by atoms with Crippen molar-refractivity contribution in [3.63, 3.8) is 0 Å². The molecule has 0 aromatic heterocycles. The van der Waals surface area contributed by atoms with Crippen LogP contribution in [0.5, 0.6) is 11.5 Å². The third-order valence-electron chi connectivity index (χ3n) is 15.5. The fraction of sp³-hybridized carbons (Fsp3) is 0.737. The molecule has 0 unspecified atom stereocenters. The minimum atomic E-state index is -1.78. The first kappa shape index (κ1) is 62.3. The summed E-state index contributed by atoms with van der Waals surface area (Å²) < 4.78 is 2.61. The Morgan fingerprint density at radius 2 is 0.773 bits per heavy atom. The Hall–Kier alpha value is -1.73. The van der Waals surface area contributed by atoms with E-state index in [1.165, 1.54) is 174 Å². The van der Waals surface area contributed by atoms with Crippen LogP contribution in [0.4, 0.5) is 0 Å². The van der Waals surface area contributed by atoms with Gasteiger partial charge in [0.1, 0.15) is 11.5 Å². The Kier molecular flexibility index (Phi) is 29.7. The molecule has 3 rings (SSSR count). The van der Waals surface area contributed by atoms with Gasteiger partial charge in [-0.1, -0.05) is 154 Å². The predicted molar refractivity (Wildman–Crippen MR) is 295 cm³/mol. The average molecular weight is 987 g/mol. The number of nitrogens with zero attached hydrogens (tertiary/aromatic N) is 4. The first-order chi connectivity index (χ1) is 30.5. The van der Waals surface area contributed by atoms with Crippen LogP contribution in [-0.2, 0) is 17.4 Å². The fourth-order valence-corrected chi connectivity index (χ4v) is 15.7. The van der Waals surface area contributed by atoms with E-state index in [2.05, 4.69) is 106 Å². The van der Waals surface area contributed by atoms with Crippen LogP contribution < -0.4 is 10.4 Å². The van der Waals surface area contributed by atoms with Crippen LogP contribution in [0.25, 0.3) is 0 Å². The van der Waals surface area contributed by atoms with Crippen molar-refractivity contribution in [2.24, 2.45) is 9.98 Å². The Morgan fingerprint density at radius 3 is 1.05 bits per heavy atom. The summed E-state index contributed by atoms with van der Waals surface area (Å²) >= 11 is 0. The number of aryl methyl sites for hydroxylation is 2. The number of aliphatic imine (C=N–C) groups is 2. The number of rotatable bonds is 32. The Bertz CT molecular complexity index is 1540. The summed E-state index contributed by atoms with van der Waals surface area (Å²) in [5.74, 6) is 0.720. The number of phenolic OH excluding ortho intramolecular Hbond substituents is 2. The van der Waals surface area contributed by atoms with Gasteiger partial charge in [-0.25, -0.2) is 0 Å². The third-order valence-corrected chi connectivity index (χ3v) is 22.4. The summed E-state index contributed by atoms with van der Waals surface area (Å²) in [4.78, 5) is 10.4. The minimum Gasteiger partial charge on any atom is -0.507 e. The quantitative estimate of drug-likeness (QED) is 0.0332. The second-order valence-electron chi connectivity index (χ2n) is 22.0. The van der Waals surface area contributed by atoms with Gasteiger partial charge in [-0.3, -0.25) is 9.98 Å². The van der Waals surface area contributed by atoms with E-state index in [4.69, 9.17) is 9.98 Å². The maximum atomic E-state index is 11.4. The monoisotopic (exact) mass is 986 g/mol. The maximum absolute atomic E-state index is 11.4. The zero-order chi connectivity index (χ0) is 47.2. The van der Waals surface area contributed by atoms with Crippen molar-refractivity contribution in [3.8, 4) is 11.5 Å². The number of phenols is 2. The van der Waals surface area contributed by atoms with Crippen LogP contribution >= 0.6 is 0 Å². The number of unbranched alkanes of at least 4 members (excludes halogenated alkanes) is 6. The number of aromatic hydroxyl groups is 2. The molecule has 9 heteroatoms. The molecule has 1 saturated carbocycles. The van der Waals surface area contributed by atoms with Crippen LogP contribution in [0.3, 0.4) is 0 Å². The van der Waals surface area contributed by atoms with Crippen molar-refractivity contribution < 1.29 is 36.5 Å². The number of benzene rings is 2. The van der Waals surface area contributed by atoms with Gasteiger partial charge in [0.05, 0.1) is 80.6 Å². The molecule has 2 aromatic carbocycles. The van der Waals surface area contributed by atoms with Gasteiger partial charge in [0, 0.05) is 40.9 Å². The molecule has 0 aliphatic heterocycles. The molecule has 2 aromatic rings. The summed E-state index contributed by atoms with van der Waals surface area (Å²) in [6.45, 7) is 38.9. The molecule has 2 atom stereocenters. The molecule has 66 heavy (non-hydrogen) atoms. The topological polar surface area (TPSA) is 65.2 Å². The van der Waals surface area contributed by atoms with Gasteiger partial charge in [0.15, 0.2) is 0 Å². The van der Waals surface area contributed by atoms with E-state index in [9.17, 15) is 10.2 Å². The average Bonchev–Trinajstić information content (AvgIpc) is 3.27. The SMILES string of the molecule is CCCC[N+](CCCC)(CCCC)CCC[Si](C)(C)c1cc(C)c(O)c(C=N[C@H]2CCCC[C@@H]2N=Cc2cc([Si](C)(C)CCC[N+](CCCC)(CCCC)CCCC)cc(C)c2O)c1.[CH3-].[Cr]. The van der Waals surface area contributed by atoms with Gasteiger partial charge in [-0.15, -0.1) is 0 Å². The van der Waals surface area contributed by atoms with Crippen LogP contribution in [0.2, 0.25) is 38.3 Å². The third kappa shape index (κ3) is 19.6. The Morgan fingerprint density at radius 1 is 0.500 bits per heavy atom. The Balaban J connectivity index is 0.0000109. The fourth-order valence-electron chi connectivity index (χ4n) is 10.7. The molecule has 0 bridgehead atoms. The molecule has 0 saturated heterocycles. The molecular weight excluding hydrogens is 881 g/mol. The van der Waals surface area contributed by atoms with Crippen LogP contribution in [0.15, 0.2) is 34.3 Å². The first-order valence-electron chi connectivity index (χ1n) is 27.0. The minimum absolute atomic E-state index is 0. The van der Waals surface area contributed by atoms with E-state index >= 15 is 0 Å². The largest absolute Gasteiger partial charge is 0.507 e. The van der Waals surface area contributed by atoms with Crippen molar-refractivity contribution in [1.29, 1.82) is 0 Å². The molecule has 1 fully saturated rings. The molecule has 2 N–H and O–H groups in total. The van der Waals surface area contributed by atoms with E-state index in [0.29, 0.717) is 11.5 Å². The molecule has 0 heterocycles. The van der Waals surface area contributed by atoms with Gasteiger partial charge < -0.3 is 26.6 Å². The zero-order valence-electron chi connectivity index (χ0n) is 45.5. The summed E-state index contributed by atoms with van der Waals surface area (Å²) in [6, 6.07) is 11.7. The maximum Gasteiger partial charge on any atom is 0.127 e. The van der Waals surface area contributed by atoms with Gasteiger partial charge in [-0.05, 0) is 101 Å². The zero-order valence-corrected chi connectivity index (χ0v) is 48.8. The molecule has 0 radical (unpaired) electrons. The predicted octanol–water partition coefficient (Wildman–Crippen LogP) is 14.1. The molecule has 6 nitrogen and oxygen atoms in total. The van der Waals surface area contributed by atoms with Crippen molar-refractivity contribution in [1.82, 2.24) is 0 Å². The molecule has 1 aliphatic carbocycles. The number of hydrogen-bond acceptors (Lipinski definition) is 4. The standard InChI is InChI=1S/C56H100N4O2Si2.CH3.Cr/c1-13-19-31-59(32-20-14-2,33-21-15-3)37-27-39-63(9,10)51-41-47(7)55(61)49(43-51)45-57-53-29-25-26-30-54(53)58-46-50-44-52(42-48(8)56(50)62)64(11,12)40-28-38-60(34-22-16-4,35-23-17-5)36-24-18-6;;/h41-46,53-54H,13-40H2,1-12H3;1H3;/q;-1;/p+2/t53-,54-;;/m0../s1. The van der Waals surface area contributed by atoms with Gasteiger partial charge in [0.25, 0.3) is 0 Å². The van der Waals surface area contributed by atoms with E-state index in [1.807, 2.05) is 12.4 Å². The molecular formula is C57H105CrN4O2Si2+. The van der Waals surface area contributed by atoms with Gasteiger partial charge >= 0.3 is 0 Å². The van der Waals surface area contributed by atoms with Gasteiger partial charge in [0.2, 0.25) is 0 Å². The number of quaternary nitrogens is 2. The van der Waals surface area contributed by atoms with Crippen molar-refractivity contribution in [3.05, 3.63) is 53.9 Å². The van der Waals surface area contributed by atoms with E-state index in [1.54, 1.807) is 0 Å². The summed E-state index contributed by atoms with van der Waals surface area (Å²) in [6.07, 6.45) is 26.4. The summed E-state index contributed by atoms with van der Waals surface area (Å²) in [7, 11) is -3.56. The van der Waals surface area contributed by atoms with Crippen molar-refractivity contribution in [2.75, 3.05) is 52.4 Å². The van der Waals surface area contributed by atoms with Crippen LogP contribution in [0.1, 0.15) is 179 Å². The molecule has 378 valence electrons. The Labute approximate surface area is 422 Å². The molecule has 0 spiro atoms. The smallest absolute Gasteiger partial charge is 0.127 e. The van der Waals surface area contributed by atoms with E-state index < -0.39 is 16.1 Å². The molecule has 0 amide bonds.